The van der Waals surface area contributed by atoms with Crippen molar-refractivity contribution in [2.24, 2.45) is 5.73 Å². The lowest BCUT2D eigenvalue weighted by Gasteiger charge is -2.28. The number of hydrogen-bond donors (Lipinski definition) is 1. The van der Waals surface area contributed by atoms with E-state index in [-0.39, 0.29) is 19.4 Å². The molecule has 1 unspecified atom stereocenters. The first kappa shape index (κ1) is 17.9. The van der Waals surface area contributed by atoms with Gasteiger partial charge >= 0.3 is 6.09 Å². The summed E-state index contributed by atoms with van der Waals surface area (Å²) in [4.78, 5) is 51.1. The number of nitrogens with zero attached hydrogens (tertiary/aromatic N) is 2. The number of hydrogen-bond acceptors (Lipinski definition) is 5. The molecule has 1 aromatic carbocycles. The van der Waals surface area contributed by atoms with Gasteiger partial charge in [-0.15, -0.1) is 0 Å². The smallest absolute Gasteiger partial charge is 0.417 e. The van der Waals surface area contributed by atoms with Gasteiger partial charge in [0.25, 0.3) is 0 Å². The van der Waals surface area contributed by atoms with E-state index >= 15 is 0 Å². The van der Waals surface area contributed by atoms with E-state index in [4.69, 9.17) is 10.5 Å². The summed E-state index contributed by atoms with van der Waals surface area (Å²) < 4.78 is 5.20. The normalized spacial score (nSPS) is 22.5. The van der Waals surface area contributed by atoms with E-state index in [1.807, 2.05) is 18.2 Å². The zero-order valence-corrected chi connectivity index (χ0v) is 14.3. The van der Waals surface area contributed by atoms with E-state index in [1.54, 1.807) is 12.1 Å². The number of benzene rings is 1. The second kappa shape index (κ2) is 7.55. The van der Waals surface area contributed by atoms with Gasteiger partial charge < -0.3 is 15.4 Å². The van der Waals surface area contributed by atoms with Gasteiger partial charge in [-0.1, -0.05) is 30.3 Å². The highest BCUT2D eigenvalue weighted by molar-refractivity contribution is 6.01. The summed E-state index contributed by atoms with van der Waals surface area (Å²) in [5, 5.41) is 0. The molecule has 8 heteroatoms. The first-order chi connectivity index (χ1) is 12.5. The Morgan fingerprint density at radius 2 is 1.85 bits per heavy atom. The van der Waals surface area contributed by atoms with E-state index < -0.39 is 35.9 Å². The van der Waals surface area contributed by atoms with Crippen LogP contribution in [0.5, 0.6) is 0 Å². The lowest BCUT2D eigenvalue weighted by Crippen LogP contribution is -2.53. The molecule has 3 rings (SSSR count). The minimum Gasteiger partial charge on any atom is -0.444 e. The highest BCUT2D eigenvalue weighted by atomic mass is 16.6. The molecule has 2 N–H and O–H groups in total. The van der Waals surface area contributed by atoms with Crippen molar-refractivity contribution in [1.82, 2.24) is 9.80 Å². The topological polar surface area (TPSA) is 110 Å². The summed E-state index contributed by atoms with van der Waals surface area (Å²) in [6, 6.07) is 7.44. The molecule has 2 heterocycles. The molecule has 0 spiro atoms. The van der Waals surface area contributed by atoms with Crippen molar-refractivity contribution >= 4 is 23.8 Å². The molecule has 2 aliphatic heterocycles. The van der Waals surface area contributed by atoms with Crippen LogP contribution in [0.15, 0.2) is 30.3 Å². The van der Waals surface area contributed by atoms with Crippen LogP contribution >= 0.6 is 0 Å². The number of nitrogens with two attached hydrogens (primary N) is 1. The van der Waals surface area contributed by atoms with E-state index in [2.05, 4.69) is 0 Å². The largest absolute Gasteiger partial charge is 0.444 e. The minimum absolute atomic E-state index is 0.0119. The fraction of sp³-hybridized carbons (Fsp3) is 0.444. The number of imide groups is 1. The average molecular weight is 359 g/mol. The monoisotopic (exact) mass is 359 g/mol. The van der Waals surface area contributed by atoms with Gasteiger partial charge in [0, 0.05) is 13.0 Å². The molecule has 2 saturated heterocycles. The number of carbonyl (C=O) groups excluding carboxylic acids is 4. The summed E-state index contributed by atoms with van der Waals surface area (Å²) >= 11 is 0. The van der Waals surface area contributed by atoms with Gasteiger partial charge in [-0.05, 0) is 24.8 Å². The van der Waals surface area contributed by atoms with Gasteiger partial charge in [0.1, 0.15) is 18.7 Å². The molecular weight excluding hydrogens is 338 g/mol. The van der Waals surface area contributed by atoms with E-state index in [0.29, 0.717) is 19.4 Å². The highest BCUT2D eigenvalue weighted by Gasteiger charge is 2.45. The molecule has 0 aliphatic carbocycles. The molecule has 2 fully saturated rings. The van der Waals surface area contributed by atoms with Crippen molar-refractivity contribution < 1.29 is 23.9 Å². The van der Waals surface area contributed by atoms with E-state index in [9.17, 15) is 19.2 Å². The van der Waals surface area contributed by atoms with Crippen LogP contribution in [0.2, 0.25) is 0 Å². The Hall–Kier alpha value is -2.90. The summed E-state index contributed by atoms with van der Waals surface area (Å²) in [5.74, 6) is -1.44. The molecule has 0 aromatic heterocycles. The van der Waals surface area contributed by atoms with Crippen molar-refractivity contribution in [2.45, 2.75) is 44.4 Å². The van der Waals surface area contributed by atoms with E-state index in [0.717, 1.165) is 10.5 Å². The van der Waals surface area contributed by atoms with Gasteiger partial charge in [0.05, 0.1) is 0 Å². The zero-order valence-electron chi connectivity index (χ0n) is 14.3. The molecule has 0 radical (unpaired) electrons. The Kier molecular flexibility index (Phi) is 5.20. The Bertz CT molecular complexity index is 721. The van der Waals surface area contributed by atoms with Crippen molar-refractivity contribution in [1.29, 1.82) is 0 Å². The standard InChI is InChI=1S/C18H21N3O5/c19-16(23)13-7-4-10-20(13)17(24)14-8-9-15(22)21(14)18(25)26-11-12-5-2-1-3-6-12/h1-3,5-6,13-14H,4,7-11H2,(H2,19,23)/t13-,14?/m0/s1. The number of amides is 4. The van der Waals surface area contributed by atoms with Crippen LogP contribution in [0.3, 0.4) is 0 Å². The van der Waals surface area contributed by atoms with Crippen LogP contribution in [-0.4, -0.2) is 52.2 Å². The molecule has 4 amide bonds. The zero-order chi connectivity index (χ0) is 18.7. The summed E-state index contributed by atoms with van der Waals surface area (Å²) in [5.41, 5.74) is 6.13. The molecule has 0 saturated carbocycles. The maximum atomic E-state index is 12.8. The molecule has 8 nitrogen and oxygen atoms in total. The number of carbonyl (C=O) groups is 4. The second-order valence-corrected chi connectivity index (χ2v) is 6.45. The second-order valence-electron chi connectivity index (χ2n) is 6.45. The highest BCUT2D eigenvalue weighted by Crippen LogP contribution is 2.26. The van der Waals surface area contributed by atoms with Crippen molar-refractivity contribution in [3.63, 3.8) is 0 Å². The number of primary amides is 1. The van der Waals surface area contributed by atoms with Gasteiger partial charge in [0.2, 0.25) is 17.7 Å². The van der Waals surface area contributed by atoms with Crippen molar-refractivity contribution in [2.75, 3.05) is 6.54 Å². The first-order valence-electron chi connectivity index (χ1n) is 8.61. The van der Waals surface area contributed by atoms with Crippen LogP contribution in [0.25, 0.3) is 0 Å². The lowest BCUT2D eigenvalue weighted by molar-refractivity contribution is -0.143. The maximum absolute atomic E-state index is 12.8. The molecule has 2 aliphatic rings. The first-order valence-corrected chi connectivity index (χ1v) is 8.61. The lowest BCUT2D eigenvalue weighted by atomic mass is 10.1. The third-order valence-electron chi connectivity index (χ3n) is 4.76. The quantitative estimate of drug-likeness (QED) is 0.855. The molecule has 2 atom stereocenters. The number of ether oxygens (including phenoxy) is 1. The third-order valence-corrected chi connectivity index (χ3v) is 4.76. The van der Waals surface area contributed by atoms with Crippen LogP contribution in [-0.2, 0) is 25.7 Å². The van der Waals surface area contributed by atoms with Crippen molar-refractivity contribution in [3.8, 4) is 0 Å². The van der Waals surface area contributed by atoms with Crippen molar-refractivity contribution in [3.05, 3.63) is 35.9 Å². The number of likely N-dealkylation sites (tertiary alicyclic amines) is 2. The van der Waals surface area contributed by atoms with Gasteiger partial charge in [-0.25, -0.2) is 9.69 Å². The SMILES string of the molecule is NC(=O)[C@@H]1CCCN1C(=O)C1CCC(=O)N1C(=O)OCc1ccccc1. The van der Waals surface area contributed by atoms with Gasteiger partial charge in [-0.2, -0.15) is 0 Å². The number of rotatable bonds is 4. The van der Waals surface area contributed by atoms with Crippen LogP contribution < -0.4 is 5.73 Å². The van der Waals surface area contributed by atoms with Crippen LogP contribution in [0.4, 0.5) is 4.79 Å². The molecule has 1 aromatic rings. The molecular formula is C18H21N3O5. The summed E-state index contributed by atoms with van der Waals surface area (Å²) in [6.45, 7) is 0.405. The van der Waals surface area contributed by atoms with Crippen LogP contribution in [0.1, 0.15) is 31.2 Å². The predicted octanol–water partition coefficient (Wildman–Crippen LogP) is 0.790. The van der Waals surface area contributed by atoms with Gasteiger partial charge in [0.15, 0.2) is 0 Å². The molecule has 26 heavy (non-hydrogen) atoms. The Morgan fingerprint density at radius 1 is 1.12 bits per heavy atom. The molecule has 0 bridgehead atoms. The fourth-order valence-corrected chi connectivity index (χ4v) is 3.45. The Balaban J connectivity index is 1.69. The van der Waals surface area contributed by atoms with E-state index in [1.165, 1.54) is 4.90 Å². The predicted molar refractivity (Wildman–Crippen MR) is 90.4 cm³/mol. The van der Waals surface area contributed by atoms with Crippen LogP contribution in [0, 0.1) is 0 Å². The summed E-state index contributed by atoms with van der Waals surface area (Å²) in [7, 11) is 0. The van der Waals surface area contributed by atoms with Gasteiger partial charge in [-0.3, -0.25) is 14.4 Å². The Morgan fingerprint density at radius 3 is 2.54 bits per heavy atom. The minimum atomic E-state index is -0.939. The Labute approximate surface area is 150 Å². The molecule has 138 valence electrons. The average Bonchev–Trinajstić information content (AvgIpc) is 3.27. The third kappa shape index (κ3) is 3.54. The fourth-order valence-electron chi connectivity index (χ4n) is 3.45. The summed E-state index contributed by atoms with van der Waals surface area (Å²) in [6.07, 6.45) is 0.634. The maximum Gasteiger partial charge on any atom is 0.417 e.